The first-order valence-corrected chi connectivity index (χ1v) is 6.15. The zero-order valence-corrected chi connectivity index (χ0v) is 12.1. The van der Waals surface area contributed by atoms with Crippen LogP contribution in [0.2, 0.25) is 0 Å². The minimum Gasteiger partial charge on any atom is -0.480 e. The van der Waals surface area contributed by atoms with E-state index in [2.05, 4.69) is 4.74 Å². The van der Waals surface area contributed by atoms with Crippen LogP contribution in [-0.4, -0.2) is 56.2 Å². The molecule has 0 heterocycles. The first kappa shape index (κ1) is 20.0. The SMILES string of the molecule is CCC(C(=O)O)(C(=O)O)C(=O)OC(=O)C(CC)(C(=O)O)C(=O)O. The molecule has 0 aliphatic carbocycles. The standard InChI is InChI=1S/C12H14O11/c1-3-11(5(13)14,6(15)16)9(21)23-10(22)12(4-2,7(17)18)8(19)20/h3-4H2,1-2H3,(H,13,14)(H,15,16)(H,17,18)(H,19,20). The molecule has 11 nitrogen and oxygen atoms in total. The number of carboxylic acid groups (broad SMARTS) is 4. The van der Waals surface area contributed by atoms with Gasteiger partial charge in [0.25, 0.3) is 10.8 Å². The van der Waals surface area contributed by atoms with E-state index in [9.17, 15) is 28.8 Å². The number of esters is 2. The molecule has 0 aromatic rings. The van der Waals surface area contributed by atoms with Crippen LogP contribution in [0.4, 0.5) is 0 Å². The lowest BCUT2D eigenvalue weighted by molar-refractivity contribution is -0.188. The molecule has 0 atom stereocenters. The zero-order valence-electron chi connectivity index (χ0n) is 12.1. The number of carbonyl (C=O) groups is 6. The molecule has 0 aliphatic heterocycles. The van der Waals surface area contributed by atoms with E-state index in [1.165, 1.54) is 0 Å². The van der Waals surface area contributed by atoms with Gasteiger partial charge in [-0.1, -0.05) is 13.8 Å². The van der Waals surface area contributed by atoms with Crippen molar-refractivity contribution in [3.05, 3.63) is 0 Å². The van der Waals surface area contributed by atoms with Gasteiger partial charge in [0.1, 0.15) is 0 Å². The van der Waals surface area contributed by atoms with E-state index in [0.717, 1.165) is 13.8 Å². The molecule has 0 bridgehead atoms. The fraction of sp³-hybridized carbons (Fsp3) is 0.500. The fourth-order valence-electron chi connectivity index (χ4n) is 1.68. The number of hydrogen-bond acceptors (Lipinski definition) is 7. The minimum absolute atomic E-state index is 0.816. The topological polar surface area (TPSA) is 193 Å². The van der Waals surface area contributed by atoms with Crippen LogP contribution in [-0.2, 0) is 33.5 Å². The summed E-state index contributed by atoms with van der Waals surface area (Å²) >= 11 is 0. The van der Waals surface area contributed by atoms with Gasteiger partial charge in [-0.2, -0.15) is 0 Å². The van der Waals surface area contributed by atoms with Crippen LogP contribution < -0.4 is 0 Å². The van der Waals surface area contributed by atoms with Gasteiger partial charge in [-0.3, -0.25) is 19.2 Å². The Morgan fingerprint density at radius 1 is 0.652 bits per heavy atom. The Morgan fingerprint density at radius 2 is 0.870 bits per heavy atom. The van der Waals surface area contributed by atoms with E-state index < -0.39 is 59.5 Å². The molecule has 23 heavy (non-hydrogen) atoms. The van der Waals surface area contributed by atoms with Gasteiger partial charge in [0.05, 0.1) is 0 Å². The molecule has 0 aromatic carbocycles. The molecule has 11 heteroatoms. The molecule has 128 valence electrons. The maximum atomic E-state index is 11.8. The second-order valence-corrected chi connectivity index (χ2v) is 4.42. The smallest absolute Gasteiger partial charge is 0.342 e. The van der Waals surface area contributed by atoms with Crippen molar-refractivity contribution in [2.24, 2.45) is 10.8 Å². The van der Waals surface area contributed by atoms with Crippen LogP contribution in [0.1, 0.15) is 26.7 Å². The lowest BCUT2D eigenvalue weighted by Crippen LogP contribution is -2.52. The Hall–Kier alpha value is -2.98. The summed E-state index contributed by atoms with van der Waals surface area (Å²) in [5, 5.41) is 35.7. The van der Waals surface area contributed by atoms with Crippen molar-refractivity contribution in [3.63, 3.8) is 0 Å². The summed E-state index contributed by atoms with van der Waals surface area (Å²) in [6.45, 7) is 2.02. The maximum absolute atomic E-state index is 11.8. The van der Waals surface area contributed by atoms with Crippen LogP contribution in [0.25, 0.3) is 0 Å². The van der Waals surface area contributed by atoms with Gasteiger partial charge in [-0.15, -0.1) is 0 Å². The molecule has 0 saturated carbocycles. The summed E-state index contributed by atoms with van der Waals surface area (Å²) in [5.41, 5.74) is -6.32. The van der Waals surface area contributed by atoms with Crippen molar-refractivity contribution in [1.82, 2.24) is 0 Å². The third kappa shape index (κ3) is 2.98. The Bertz CT molecular complexity index is 496. The summed E-state index contributed by atoms with van der Waals surface area (Å²) in [4.78, 5) is 67.9. The number of carboxylic acids is 4. The highest BCUT2D eigenvalue weighted by Crippen LogP contribution is 2.29. The second-order valence-electron chi connectivity index (χ2n) is 4.42. The molecule has 0 saturated heterocycles. The first-order chi connectivity index (χ1) is 10.4. The van der Waals surface area contributed by atoms with Crippen LogP contribution in [0.5, 0.6) is 0 Å². The van der Waals surface area contributed by atoms with Crippen molar-refractivity contribution < 1.29 is 53.9 Å². The van der Waals surface area contributed by atoms with Crippen LogP contribution >= 0.6 is 0 Å². The molecule has 0 spiro atoms. The highest BCUT2D eigenvalue weighted by atomic mass is 16.6. The summed E-state index contributed by atoms with van der Waals surface area (Å²) in [6, 6.07) is 0. The van der Waals surface area contributed by atoms with E-state index >= 15 is 0 Å². The second kappa shape index (κ2) is 6.85. The number of aliphatic carboxylic acids is 4. The Labute approximate surface area is 128 Å². The lowest BCUT2D eigenvalue weighted by Gasteiger charge is -2.24. The average Bonchev–Trinajstić information content (AvgIpc) is 2.39. The third-order valence-electron chi connectivity index (χ3n) is 3.40. The van der Waals surface area contributed by atoms with Gasteiger partial charge >= 0.3 is 35.8 Å². The molecule has 0 unspecified atom stereocenters. The van der Waals surface area contributed by atoms with Crippen LogP contribution in [0.15, 0.2) is 0 Å². The zero-order chi connectivity index (χ0) is 18.6. The lowest BCUT2D eigenvalue weighted by atomic mass is 9.83. The number of carbonyl (C=O) groups excluding carboxylic acids is 2. The molecular formula is C12H14O11. The van der Waals surface area contributed by atoms with Crippen LogP contribution in [0, 0.1) is 10.8 Å². The first-order valence-electron chi connectivity index (χ1n) is 6.15. The quantitative estimate of drug-likeness (QED) is 0.320. The third-order valence-corrected chi connectivity index (χ3v) is 3.40. The average molecular weight is 334 g/mol. The van der Waals surface area contributed by atoms with Gasteiger partial charge < -0.3 is 25.2 Å². The Morgan fingerprint density at radius 3 is 1.00 bits per heavy atom. The van der Waals surface area contributed by atoms with E-state index in [1.54, 1.807) is 0 Å². The molecule has 0 radical (unpaired) electrons. The molecule has 0 aliphatic rings. The minimum atomic E-state index is -3.16. The van der Waals surface area contributed by atoms with Crippen molar-refractivity contribution in [1.29, 1.82) is 0 Å². The summed E-state index contributed by atoms with van der Waals surface area (Å²) in [5.74, 6) is -12.7. The van der Waals surface area contributed by atoms with Gasteiger partial charge in [-0.25, -0.2) is 9.59 Å². The van der Waals surface area contributed by atoms with E-state index in [1.807, 2.05) is 0 Å². The molecule has 4 N–H and O–H groups in total. The van der Waals surface area contributed by atoms with E-state index in [-0.39, 0.29) is 0 Å². The van der Waals surface area contributed by atoms with Crippen LogP contribution in [0.3, 0.4) is 0 Å². The molecule has 0 fully saturated rings. The van der Waals surface area contributed by atoms with Crippen molar-refractivity contribution in [2.75, 3.05) is 0 Å². The van der Waals surface area contributed by atoms with E-state index in [0.29, 0.717) is 0 Å². The van der Waals surface area contributed by atoms with Gasteiger partial charge in [0.2, 0.25) is 0 Å². The molecule has 0 amide bonds. The van der Waals surface area contributed by atoms with Gasteiger partial charge in [0.15, 0.2) is 0 Å². The summed E-state index contributed by atoms with van der Waals surface area (Å²) in [6.07, 6.45) is -1.63. The fourth-order valence-corrected chi connectivity index (χ4v) is 1.68. The monoisotopic (exact) mass is 334 g/mol. The predicted molar refractivity (Wildman–Crippen MR) is 67.1 cm³/mol. The predicted octanol–water partition coefficient (Wildman–Crippen LogP) is -0.813. The Balaban J connectivity index is 5.88. The van der Waals surface area contributed by atoms with Crippen molar-refractivity contribution in [3.8, 4) is 0 Å². The summed E-state index contributed by atoms with van der Waals surface area (Å²) in [7, 11) is 0. The van der Waals surface area contributed by atoms with Crippen molar-refractivity contribution >= 4 is 35.8 Å². The highest BCUT2D eigenvalue weighted by molar-refractivity contribution is 6.22. The molecular weight excluding hydrogens is 320 g/mol. The summed E-state index contributed by atoms with van der Waals surface area (Å²) < 4.78 is 4.01. The number of rotatable bonds is 8. The largest absolute Gasteiger partial charge is 0.480 e. The molecule has 0 aromatic heterocycles. The normalized spacial score (nSPS) is 11.4. The molecule has 0 rings (SSSR count). The van der Waals surface area contributed by atoms with Crippen molar-refractivity contribution in [2.45, 2.75) is 26.7 Å². The maximum Gasteiger partial charge on any atom is 0.342 e. The Kier molecular flexibility index (Phi) is 5.97. The van der Waals surface area contributed by atoms with Gasteiger partial charge in [-0.05, 0) is 12.8 Å². The van der Waals surface area contributed by atoms with Gasteiger partial charge in [0, 0.05) is 0 Å². The highest BCUT2D eigenvalue weighted by Gasteiger charge is 2.59. The number of hydrogen-bond donors (Lipinski definition) is 4. The number of ether oxygens (including phenoxy) is 1. The van der Waals surface area contributed by atoms with E-state index in [4.69, 9.17) is 20.4 Å².